The lowest BCUT2D eigenvalue weighted by molar-refractivity contribution is 0.0600. The van der Waals surface area contributed by atoms with Gasteiger partial charge in [-0.25, -0.2) is 19.2 Å². The Hall–Kier alpha value is -3.81. The molecule has 0 radical (unpaired) electrons. The lowest BCUT2D eigenvalue weighted by Gasteiger charge is -2.08. The summed E-state index contributed by atoms with van der Waals surface area (Å²) in [6.45, 7) is 0.395. The van der Waals surface area contributed by atoms with Gasteiger partial charge in [-0.2, -0.15) is 0 Å². The molecule has 8 heteroatoms. The summed E-state index contributed by atoms with van der Waals surface area (Å²) < 4.78 is 17.6. The first-order valence-electron chi connectivity index (χ1n) is 8.85. The zero-order chi connectivity index (χ0) is 20.6. The molecule has 2 N–H and O–H groups in total. The maximum atomic E-state index is 12.9. The third-order valence-electron chi connectivity index (χ3n) is 4.09. The summed E-state index contributed by atoms with van der Waals surface area (Å²) in [7, 11) is 1.32. The summed E-state index contributed by atoms with van der Waals surface area (Å²) in [4.78, 5) is 31.9. The van der Waals surface area contributed by atoms with Gasteiger partial charge >= 0.3 is 5.97 Å². The van der Waals surface area contributed by atoms with Crippen LogP contribution >= 0.6 is 0 Å². The number of nitrogens with zero attached hydrogens (tertiary/aromatic N) is 2. The van der Waals surface area contributed by atoms with Crippen LogP contribution in [-0.4, -0.2) is 35.5 Å². The molecule has 0 aliphatic carbocycles. The van der Waals surface area contributed by atoms with Crippen molar-refractivity contribution in [2.24, 2.45) is 0 Å². The SMILES string of the molecule is COC(=O)c1ccc(Nc2cc(C(=O)NCCc3ccc(F)cc3)ncn2)cc1. The van der Waals surface area contributed by atoms with Gasteiger partial charge < -0.3 is 15.4 Å². The van der Waals surface area contributed by atoms with E-state index in [4.69, 9.17) is 0 Å². The first-order chi connectivity index (χ1) is 14.0. The van der Waals surface area contributed by atoms with Crippen molar-refractivity contribution in [1.82, 2.24) is 15.3 Å². The van der Waals surface area contributed by atoms with E-state index in [0.29, 0.717) is 30.0 Å². The van der Waals surface area contributed by atoms with Gasteiger partial charge in [0.25, 0.3) is 5.91 Å². The molecule has 0 saturated heterocycles. The molecule has 0 unspecified atom stereocenters. The molecule has 0 aliphatic heterocycles. The highest BCUT2D eigenvalue weighted by atomic mass is 19.1. The smallest absolute Gasteiger partial charge is 0.337 e. The molecule has 0 saturated carbocycles. The van der Waals surface area contributed by atoms with Crippen LogP contribution in [0.4, 0.5) is 15.9 Å². The van der Waals surface area contributed by atoms with Crippen molar-refractivity contribution in [2.75, 3.05) is 19.0 Å². The van der Waals surface area contributed by atoms with Crippen molar-refractivity contribution in [1.29, 1.82) is 0 Å². The van der Waals surface area contributed by atoms with E-state index in [1.807, 2.05) is 0 Å². The number of nitrogens with one attached hydrogen (secondary N) is 2. The molecule has 29 heavy (non-hydrogen) atoms. The van der Waals surface area contributed by atoms with E-state index >= 15 is 0 Å². The van der Waals surface area contributed by atoms with E-state index in [0.717, 1.165) is 5.56 Å². The number of carbonyl (C=O) groups is 2. The minimum atomic E-state index is -0.418. The quantitative estimate of drug-likeness (QED) is 0.598. The molecule has 148 valence electrons. The summed E-state index contributed by atoms with van der Waals surface area (Å²) in [5, 5.41) is 5.83. The van der Waals surface area contributed by atoms with Crippen molar-refractivity contribution in [2.45, 2.75) is 6.42 Å². The monoisotopic (exact) mass is 394 g/mol. The molecule has 3 rings (SSSR count). The summed E-state index contributed by atoms with van der Waals surface area (Å²) >= 11 is 0. The Labute approximate surface area is 167 Å². The van der Waals surface area contributed by atoms with Crippen LogP contribution in [0.15, 0.2) is 60.9 Å². The third-order valence-corrected chi connectivity index (χ3v) is 4.09. The highest BCUT2D eigenvalue weighted by Gasteiger charge is 2.09. The second-order valence-corrected chi connectivity index (χ2v) is 6.11. The lowest BCUT2D eigenvalue weighted by Crippen LogP contribution is -2.26. The maximum absolute atomic E-state index is 12.9. The number of amides is 1. The Bertz CT molecular complexity index is 992. The van der Waals surface area contributed by atoms with Gasteiger partial charge in [0.15, 0.2) is 0 Å². The number of aromatic nitrogens is 2. The minimum Gasteiger partial charge on any atom is -0.465 e. The summed E-state index contributed by atoms with van der Waals surface area (Å²) in [5.74, 6) is -0.606. The number of carbonyl (C=O) groups excluding carboxylic acids is 2. The standard InChI is InChI=1S/C21H19FN4O3/c1-29-21(28)15-4-8-17(9-5-15)26-19-12-18(24-13-25-19)20(27)23-11-10-14-2-6-16(22)7-3-14/h2-9,12-13H,10-11H2,1H3,(H,23,27)(H,24,25,26). The molecular formula is C21H19FN4O3. The molecule has 2 aromatic carbocycles. The average molecular weight is 394 g/mol. The Morgan fingerprint density at radius 3 is 2.45 bits per heavy atom. The van der Waals surface area contributed by atoms with Gasteiger partial charge in [0.1, 0.15) is 23.7 Å². The van der Waals surface area contributed by atoms with Crippen LogP contribution in [-0.2, 0) is 11.2 Å². The molecule has 1 amide bonds. The fourth-order valence-corrected chi connectivity index (χ4v) is 2.57. The number of hydrogen-bond donors (Lipinski definition) is 2. The molecule has 1 heterocycles. The van der Waals surface area contributed by atoms with Crippen LogP contribution in [0.25, 0.3) is 0 Å². The normalized spacial score (nSPS) is 10.3. The zero-order valence-corrected chi connectivity index (χ0v) is 15.7. The molecule has 3 aromatic rings. The van der Waals surface area contributed by atoms with Crippen LogP contribution in [0.5, 0.6) is 0 Å². The molecule has 0 bridgehead atoms. The van der Waals surface area contributed by atoms with Gasteiger partial charge in [0.05, 0.1) is 12.7 Å². The van der Waals surface area contributed by atoms with Gasteiger partial charge in [-0.15, -0.1) is 0 Å². The average Bonchev–Trinajstić information content (AvgIpc) is 2.75. The van der Waals surface area contributed by atoms with E-state index in [9.17, 15) is 14.0 Å². The largest absolute Gasteiger partial charge is 0.465 e. The van der Waals surface area contributed by atoms with E-state index in [1.165, 1.54) is 31.6 Å². The van der Waals surface area contributed by atoms with E-state index in [-0.39, 0.29) is 17.4 Å². The summed E-state index contributed by atoms with van der Waals surface area (Å²) in [6, 6.07) is 14.3. The fourth-order valence-electron chi connectivity index (χ4n) is 2.57. The second-order valence-electron chi connectivity index (χ2n) is 6.11. The van der Waals surface area contributed by atoms with Gasteiger partial charge in [-0.05, 0) is 48.4 Å². The van der Waals surface area contributed by atoms with Crippen molar-refractivity contribution in [3.05, 3.63) is 83.6 Å². The Morgan fingerprint density at radius 1 is 1.03 bits per heavy atom. The Balaban J connectivity index is 1.57. The molecule has 7 nitrogen and oxygen atoms in total. The summed E-state index contributed by atoms with van der Waals surface area (Å²) in [5.41, 5.74) is 2.26. The van der Waals surface area contributed by atoms with E-state index in [1.54, 1.807) is 36.4 Å². The number of rotatable bonds is 7. The Kier molecular flexibility index (Phi) is 6.47. The molecule has 0 atom stereocenters. The number of benzene rings is 2. The van der Waals surface area contributed by atoms with Crippen molar-refractivity contribution in [3.8, 4) is 0 Å². The van der Waals surface area contributed by atoms with Crippen molar-refractivity contribution < 1.29 is 18.7 Å². The number of halogens is 1. The third kappa shape index (κ3) is 5.58. The number of esters is 1. The summed E-state index contributed by atoms with van der Waals surface area (Å²) in [6.07, 6.45) is 1.87. The number of hydrogen-bond acceptors (Lipinski definition) is 6. The number of methoxy groups -OCH3 is 1. The van der Waals surface area contributed by atoms with Gasteiger partial charge in [-0.3, -0.25) is 4.79 Å². The lowest BCUT2D eigenvalue weighted by atomic mass is 10.1. The maximum Gasteiger partial charge on any atom is 0.337 e. The van der Waals surface area contributed by atoms with E-state index in [2.05, 4.69) is 25.3 Å². The molecule has 0 aliphatic rings. The Morgan fingerprint density at radius 2 is 1.76 bits per heavy atom. The zero-order valence-electron chi connectivity index (χ0n) is 15.7. The molecule has 1 aromatic heterocycles. The molecule has 0 spiro atoms. The van der Waals surface area contributed by atoms with Crippen molar-refractivity contribution >= 4 is 23.4 Å². The van der Waals surface area contributed by atoms with Crippen LogP contribution in [0, 0.1) is 5.82 Å². The van der Waals surface area contributed by atoms with Gasteiger partial charge in [-0.1, -0.05) is 12.1 Å². The van der Waals surface area contributed by atoms with Crippen LogP contribution in [0.3, 0.4) is 0 Å². The molecular weight excluding hydrogens is 375 g/mol. The number of ether oxygens (including phenoxy) is 1. The predicted molar refractivity (Wildman–Crippen MR) is 106 cm³/mol. The highest BCUT2D eigenvalue weighted by molar-refractivity contribution is 5.93. The van der Waals surface area contributed by atoms with Gasteiger partial charge in [0.2, 0.25) is 0 Å². The molecule has 0 fully saturated rings. The first-order valence-corrected chi connectivity index (χ1v) is 8.85. The van der Waals surface area contributed by atoms with Crippen LogP contribution < -0.4 is 10.6 Å². The fraction of sp³-hybridized carbons (Fsp3) is 0.143. The van der Waals surface area contributed by atoms with Crippen molar-refractivity contribution in [3.63, 3.8) is 0 Å². The topological polar surface area (TPSA) is 93.2 Å². The predicted octanol–water partition coefficient (Wildman–Crippen LogP) is 3.12. The van der Waals surface area contributed by atoms with Crippen LogP contribution in [0.2, 0.25) is 0 Å². The number of anilines is 2. The van der Waals surface area contributed by atoms with E-state index < -0.39 is 5.97 Å². The first kappa shape index (κ1) is 19.9. The van der Waals surface area contributed by atoms with Crippen LogP contribution in [0.1, 0.15) is 26.4 Å². The van der Waals surface area contributed by atoms with Gasteiger partial charge in [0, 0.05) is 18.3 Å². The highest BCUT2D eigenvalue weighted by Crippen LogP contribution is 2.16. The second kappa shape index (κ2) is 9.41. The minimum absolute atomic E-state index is 0.216.